The van der Waals surface area contributed by atoms with Gasteiger partial charge in [0.1, 0.15) is 11.0 Å². The molecular formula is C15H16N2O4S. The van der Waals surface area contributed by atoms with Crippen LogP contribution in [0, 0.1) is 0 Å². The summed E-state index contributed by atoms with van der Waals surface area (Å²) >= 11 is 0. The molecule has 2 rings (SSSR count). The Hall–Kier alpha value is -2.25. The molecule has 6 nitrogen and oxygen atoms in total. The van der Waals surface area contributed by atoms with Crippen LogP contribution in [0.25, 0.3) is 0 Å². The van der Waals surface area contributed by atoms with Crippen LogP contribution < -0.4 is 4.72 Å². The van der Waals surface area contributed by atoms with E-state index in [9.17, 15) is 13.2 Å². The standard InChI is InChI=1S/C15H16N2O4S/c1-12(21-11-13-6-3-2-4-7-13)15(18)17-22(19,20)14-8-5-9-16-10-14/h2-10,12H,11H2,1H3,(H,17,18)/t12-/m1/s1. The minimum absolute atomic E-state index is 0.0707. The summed E-state index contributed by atoms with van der Waals surface area (Å²) < 4.78 is 31.3. The molecule has 1 heterocycles. The third-order valence-corrected chi connectivity index (χ3v) is 4.22. The van der Waals surface area contributed by atoms with Crippen LogP contribution in [0.15, 0.2) is 59.8 Å². The Morgan fingerprint density at radius 1 is 1.23 bits per heavy atom. The Morgan fingerprint density at radius 3 is 2.59 bits per heavy atom. The molecule has 0 spiro atoms. The summed E-state index contributed by atoms with van der Waals surface area (Å²) in [6.07, 6.45) is 1.73. The van der Waals surface area contributed by atoms with E-state index < -0.39 is 22.0 Å². The number of carbonyl (C=O) groups is 1. The van der Waals surface area contributed by atoms with Gasteiger partial charge in [-0.05, 0) is 24.6 Å². The van der Waals surface area contributed by atoms with E-state index in [1.807, 2.05) is 35.1 Å². The lowest BCUT2D eigenvalue weighted by Crippen LogP contribution is -2.38. The Balaban J connectivity index is 1.94. The second-order valence-electron chi connectivity index (χ2n) is 4.60. The number of ether oxygens (including phenoxy) is 1. The number of rotatable bonds is 6. The van der Waals surface area contributed by atoms with E-state index in [0.717, 1.165) is 5.56 Å². The Kier molecular flexibility index (Phi) is 5.24. The SMILES string of the molecule is C[C@@H](OCc1ccccc1)C(=O)NS(=O)(=O)c1cccnc1. The minimum atomic E-state index is -3.93. The second kappa shape index (κ2) is 7.15. The molecule has 116 valence electrons. The van der Waals surface area contributed by atoms with Crippen LogP contribution in [0.3, 0.4) is 0 Å². The second-order valence-corrected chi connectivity index (χ2v) is 6.28. The molecular weight excluding hydrogens is 304 g/mol. The van der Waals surface area contributed by atoms with Crippen molar-refractivity contribution in [3.8, 4) is 0 Å². The van der Waals surface area contributed by atoms with E-state index in [1.165, 1.54) is 31.5 Å². The third kappa shape index (κ3) is 4.37. The molecule has 1 amide bonds. The first kappa shape index (κ1) is 16.1. The highest BCUT2D eigenvalue weighted by Crippen LogP contribution is 2.07. The number of amides is 1. The van der Waals surface area contributed by atoms with Gasteiger partial charge in [-0.1, -0.05) is 30.3 Å². The fourth-order valence-electron chi connectivity index (χ4n) is 1.65. The highest BCUT2D eigenvalue weighted by atomic mass is 32.2. The molecule has 0 aliphatic heterocycles. The maximum atomic E-state index is 12.0. The van der Waals surface area contributed by atoms with E-state index in [2.05, 4.69) is 4.98 Å². The third-order valence-electron chi connectivity index (χ3n) is 2.89. The summed E-state index contributed by atoms with van der Waals surface area (Å²) in [4.78, 5) is 15.6. The van der Waals surface area contributed by atoms with Gasteiger partial charge in [-0.2, -0.15) is 0 Å². The van der Waals surface area contributed by atoms with Crippen LogP contribution in [0.1, 0.15) is 12.5 Å². The molecule has 1 aromatic carbocycles. The molecule has 1 N–H and O–H groups in total. The van der Waals surface area contributed by atoms with Crippen molar-refractivity contribution in [2.75, 3.05) is 0 Å². The number of nitrogens with one attached hydrogen (secondary N) is 1. The number of pyridine rings is 1. The fraction of sp³-hybridized carbons (Fsp3) is 0.200. The molecule has 1 aromatic heterocycles. The Labute approximate surface area is 129 Å². The van der Waals surface area contributed by atoms with Gasteiger partial charge in [-0.3, -0.25) is 9.78 Å². The van der Waals surface area contributed by atoms with E-state index >= 15 is 0 Å². The van der Waals surface area contributed by atoms with Crippen molar-refractivity contribution in [3.05, 3.63) is 60.4 Å². The predicted octanol–water partition coefficient (Wildman–Crippen LogP) is 1.49. The van der Waals surface area contributed by atoms with Crippen molar-refractivity contribution in [1.29, 1.82) is 0 Å². The van der Waals surface area contributed by atoms with E-state index in [1.54, 1.807) is 0 Å². The first-order valence-electron chi connectivity index (χ1n) is 6.61. The first-order valence-corrected chi connectivity index (χ1v) is 8.09. The van der Waals surface area contributed by atoms with E-state index in [0.29, 0.717) is 0 Å². The lowest BCUT2D eigenvalue weighted by molar-refractivity contribution is -0.130. The van der Waals surface area contributed by atoms with Crippen molar-refractivity contribution in [2.45, 2.75) is 24.5 Å². The lowest BCUT2D eigenvalue weighted by atomic mass is 10.2. The zero-order valence-corrected chi connectivity index (χ0v) is 12.8. The Morgan fingerprint density at radius 2 is 1.95 bits per heavy atom. The van der Waals surface area contributed by atoms with Gasteiger partial charge in [0.15, 0.2) is 0 Å². The van der Waals surface area contributed by atoms with Crippen molar-refractivity contribution in [2.24, 2.45) is 0 Å². The van der Waals surface area contributed by atoms with Gasteiger partial charge in [0.25, 0.3) is 15.9 Å². The van der Waals surface area contributed by atoms with Gasteiger partial charge in [0.2, 0.25) is 0 Å². The highest BCUT2D eigenvalue weighted by Gasteiger charge is 2.22. The number of hydrogen-bond donors (Lipinski definition) is 1. The molecule has 22 heavy (non-hydrogen) atoms. The molecule has 0 saturated carbocycles. The van der Waals surface area contributed by atoms with Gasteiger partial charge in [0.05, 0.1) is 6.61 Å². The molecule has 0 saturated heterocycles. The van der Waals surface area contributed by atoms with Crippen LogP contribution in [0.5, 0.6) is 0 Å². The molecule has 7 heteroatoms. The summed E-state index contributed by atoms with van der Waals surface area (Å²) in [5, 5.41) is 0. The quantitative estimate of drug-likeness (QED) is 0.871. The summed E-state index contributed by atoms with van der Waals surface area (Å²) in [6, 6.07) is 12.1. The predicted molar refractivity (Wildman–Crippen MR) is 80.3 cm³/mol. The summed E-state index contributed by atoms with van der Waals surface area (Å²) in [6.45, 7) is 1.72. The average molecular weight is 320 g/mol. The van der Waals surface area contributed by atoms with Gasteiger partial charge in [-0.15, -0.1) is 0 Å². The van der Waals surface area contributed by atoms with Gasteiger partial charge in [-0.25, -0.2) is 13.1 Å². The minimum Gasteiger partial charge on any atom is -0.364 e. The van der Waals surface area contributed by atoms with Crippen LogP contribution in [0.2, 0.25) is 0 Å². The summed E-state index contributed by atoms with van der Waals surface area (Å²) in [5.41, 5.74) is 0.900. The van der Waals surface area contributed by atoms with Crippen molar-refractivity contribution in [3.63, 3.8) is 0 Å². The zero-order valence-electron chi connectivity index (χ0n) is 12.0. The van der Waals surface area contributed by atoms with E-state index in [-0.39, 0.29) is 11.5 Å². The highest BCUT2D eigenvalue weighted by molar-refractivity contribution is 7.90. The van der Waals surface area contributed by atoms with Crippen LogP contribution in [-0.2, 0) is 26.2 Å². The largest absolute Gasteiger partial charge is 0.364 e. The topological polar surface area (TPSA) is 85.4 Å². The molecule has 0 aliphatic carbocycles. The lowest BCUT2D eigenvalue weighted by Gasteiger charge is -2.13. The smallest absolute Gasteiger partial charge is 0.265 e. The maximum absolute atomic E-state index is 12.0. The number of hydrogen-bond acceptors (Lipinski definition) is 5. The van der Waals surface area contributed by atoms with Gasteiger partial charge in [0, 0.05) is 12.4 Å². The van der Waals surface area contributed by atoms with Crippen molar-refractivity contribution >= 4 is 15.9 Å². The average Bonchev–Trinajstić information content (AvgIpc) is 2.54. The number of carbonyl (C=O) groups excluding carboxylic acids is 1. The molecule has 0 radical (unpaired) electrons. The molecule has 2 aromatic rings. The Bertz CT molecular complexity index is 718. The van der Waals surface area contributed by atoms with Crippen LogP contribution in [-0.4, -0.2) is 25.4 Å². The first-order chi connectivity index (χ1) is 10.5. The van der Waals surface area contributed by atoms with Crippen LogP contribution in [0.4, 0.5) is 0 Å². The zero-order chi connectivity index (χ0) is 16.0. The van der Waals surface area contributed by atoms with Gasteiger partial charge < -0.3 is 4.74 Å². The molecule has 1 atom stereocenters. The number of sulfonamides is 1. The summed E-state index contributed by atoms with van der Waals surface area (Å²) in [7, 11) is -3.93. The van der Waals surface area contributed by atoms with Crippen molar-refractivity contribution in [1.82, 2.24) is 9.71 Å². The summed E-state index contributed by atoms with van der Waals surface area (Å²) in [5.74, 6) is -0.722. The number of nitrogens with zero attached hydrogens (tertiary/aromatic N) is 1. The number of aromatic nitrogens is 1. The van der Waals surface area contributed by atoms with E-state index in [4.69, 9.17) is 4.74 Å². The fourth-order valence-corrected chi connectivity index (χ4v) is 2.66. The maximum Gasteiger partial charge on any atom is 0.265 e. The number of benzene rings is 1. The monoisotopic (exact) mass is 320 g/mol. The van der Waals surface area contributed by atoms with Crippen LogP contribution >= 0.6 is 0 Å². The van der Waals surface area contributed by atoms with Gasteiger partial charge >= 0.3 is 0 Å². The van der Waals surface area contributed by atoms with Crippen molar-refractivity contribution < 1.29 is 17.9 Å². The molecule has 0 unspecified atom stereocenters. The molecule has 0 aliphatic rings. The normalized spacial score (nSPS) is 12.6. The molecule has 0 fully saturated rings. The molecule has 0 bridgehead atoms.